The van der Waals surface area contributed by atoms with Gasteiger partial charge in [0.2, 0.25) is 0 Å². The molecule has 3 aliphatic rings. The molecule has 2 aliphatic heterocycles. The molecule has 2 N–H and O–H groups in total. The van der Waals surface area contributed by atoms with Gasteiger partial charge in [-0.15, -0.1) is 0 Å². The van der Waals surface area contributed by atoms with E-state index in [4.69, 9.17) is 16.6 Å². The Morgan fingerprint density at radius 1 is 1.23 bits per heavy atom. The van der Waals surface area contributed by atoms with Crippen LogP contribution < -0.4 is 10.2 Å². The van der Waals surface area contributed by atoms with Crippen LogP contribution in [-0.2, 0) is 17.2 Å². The van der Waals surface area contributed by atoms with Crippen molar-refractivity contribution in [2.75, 3.05) is 35.7 Å². The lowest BCUT2D eigenvalue weighted by atomic mass is 9.77. The predicted molar refractivity (Wildman–Crippen MR) is 122 cm³/mol. The lowest BCUT2D eigenvalue weighted by Crippen LogP contribution is -2.48. The van der Waals surface area contributed by atoms with Crippen molar-refractivity contribution in [3.63, 3.8) is 0 Å². The number of rotatable bonds is 5. The number of pyridine rings is 1. The highest BCUT2D eigenvalue weighted by molar-refractivity contribution is 7.85. The van der Waals surface area contributed by atoms with Crippen LogP contribution in [-0.4, -0.2) is 55.3 Å². The van der Waals surface area contributed by atoms with Crippen LogP contribution in [0.4, 0.5) is 11.5 Å². The molecule has 4 heterocycles. The number of aliphatic hydroxyl groups excluding tert-OH is 1. The topological polar surface area (TPSA) is 91.2 Å². The second-order valence-electron chi connectivity index (χ2n) is 8.89. The molecule has 0 bridgehead atoms. The van der Waals surface area contributed by atoms with Crippen LogP contribution in [0.25, 0.3) is 0 Å². The second-order valence-corrected chi connectivity index (χ2v) is 10.8. The van der Waals surface area contributed by atoms with Crippen LogP contribution in [0.3, 0.4) is 0 Å². The predicted octanol–water partition coefficient (Wildman–Crippen LogP) is 3.29. The van der Waals surface area contributed by atoms with Gasteiger partial charge in [0.25, 0.3) is 0 Å². The molecule has 1 saturated heterocycles. The third-order valence-corrected chi connectivity index (χ3v) is 8.53. The van der Waals surface area contributed by atoms with E-state index in [-0.39, 0.29) is 12.1 Å². The molecular weight excluding hydrogens is 434 g/mol. The van der Waals surface area contributed by atoms with Crippen molar-refractivity contribution in [1.29, 1.82) is 0 Å². The number of aromatic nitrogens is 3. The van der Waals surface area contributed by atoms with E-state index in [0.29, 0.717) is 16.7 Å². The average Bonchev–Trinajstić information content (AvgIpc) is 2.97. The Kier molecular flexibility index (Phi) is 5.88. The van der Waals surface area contributed by atoms with E-state index in [1.807, 2.05) is 0 Å². The number of anilines is 2. The Labute approximate surface area is 190 Å². The smallest absolute Gasteiger partial charge is 0.131 e. The molecule has 5 rings (SSSR count). The second kappa shape index (κ2) is 8.64. The fourth-order valence-electron chi connectivity index (χ4n) is 4.87. The number of nitrogens with zero attached hydrogens (tertiary/aromatic N) is 4. The minimum absolute atomic E-state index is 0.0958. The first kappa shape index (κ1) is 21.1. The van der Waals surface area contributed by atoms with Crippen LogP contribution in [0.5, 0.6) is 0 Å². The summed E-state index contributed by atoms with van der Waals surface area (Å²) in [5.41, 5.74) is 1.55. The van der Waals surface area contributed by atoms with Gasteiger partial charge >= 0.3 is 0 Å². The minimum atomic E-state index is -1.03. The summed E-state index contributed by atoms with van der Waals surface area (Å²) in [6.07, 6.45) is 10.1. The van der Waals surface area contributed by atoms with Gasteiger partial charge in [0.1, 0.15) is 11.6 Å². The van der Waals surface area contributed by atoms with Crippen molar-refractivity contribution in [3.8, 4) is 0 Å². The van der Waals surface area contributed by atoms with Gasteiger partial charge in [-0.25, -0.2) is 15.0 Å². The zero-order valence-corrected chi connectivity index (χ0v) is 19.1. The minimum Gasteiger partial charge on any atom is -0.394 e. The molecule has 0 radical (unpaired) electrons. The van der Waals surface area contributed by atoms with Gasteiger partial charge in [-0.2, -0.15) is 0 Å². The summed E-state index contributed by atoms with van der Waals surface area (Å²) in [6.45, 7) is 1.89. The van der Waals surface area contributed by atoms with E-state index in [0.717, 1.165) is 86.0 Å². The number of nitrogens with one attached hydrogen (secondary N) is 1. The monoisotopic (exact) mass is 461 g/mol. The molecule has 0 aromatic carbocycles. The molecule has 1 unspecified atom stereocenters. The van der Waals surface area contributed by atoms with E-state index < -0.39 is 10.8 Å². The molecule has 7 nitrogen and oxygen atoms in total. The summed E-state index contributed by atoms with van der Waals surface area (Å²) in [5.74, 6) is 2.74. The summed E-state index contributed by atoms with van der Waals surface area (Å²) in [7, 11) is -1.03. The first-order valence-corrected chi connectivity index (χ1v) is 12.8. The van der Waals surface area contributed by atoms with Crippen molar-refractivity contribution in [2.24, 2.45) is 0 Å². The molecule has 0 amide bonds. The van der Waals surface area contributed by atoms with Crippen LogP contribution in [0.15, 0.2) is 23.4 Å². The first-order valence-electron chi connectivity index (χ1n) is 11.1. The fourth-order valence-corrected chi connectivity index (χ4v) is 6.32. The standard InChI is InChI=1S/C22H28ClN5O2S/c23-16-12-24-21(25-13-16)15-3-1-8-28(9-4-15)19-11-18(27-22(14-29)6-2-7-22)20-17(26-19)5-10-31(20)30/h11-13,15,29H,1-10,14H2,(H,26,27)/t15?,31-/m0/s1. The van der Waals surface area contributed by atoms with Gasteiger partial charge in [0.05, 0.1) is 44.2 Å². The molecule has 31 heavy (non-hydrogen) atoms. The van der Waals surface area contributed by atoms with Crippen molar-refractivity contribution in [1.82, 2.24) is 15.0 Å². The maximum Gasteiger partial charge on any atom is 0.131 e. The van der Waals surface area contributed by atoms with E-state index >= 15 is 0 Å². The molecule has 9 heteroatoms. The fraction of sp³-hybridized carbons (Fsp3) is 0.591. The Morgan fingerprint density at radius 3 is 2.74 bits per heavy atom. The summed E-state index contributed by atoms with van der Waals surface area (Å²) < 4.78 is 12.7. The highest BCUT2D eigenvalue weighted by atomic mass is 35.5. The number of aliphatic hydroxyl groups is 1. The lowest BCUT2D eigenvalue weighted by molar-refractivity contribution is 0.144. The third kappa shape index (κ3) is 4.17. The summed E-state index contributed by atoms with van der Waals surface area (Å²) in [4.78, 5) is 17.0. The Morgan fingerprint density at radius 2 is 2.03 bits per heavy atom. The van der Waals surface area contributed by atoms with Crippen LogP contribution in [0.1, 0.15) is 56.0 Å². The molecule has 2 aromatic heterocycles. The maximum atomic E-state index is 12.7. The van der Waals surface area contributed by atoms with Crippen LogP contribution >= 0.6 is 11.6 Å². The number of fused-ring (bicyclic) bond motifs is 1. The zero-order valence-electron chi connectivity index (χ0n) is 17.5. The zero-order chi connectivity index (χ0) is 21.4. The molecule has 2 atom stereocenters. The SMILES string of the molecule is O=[S@]1CCc2nc(N3CCCC(c4ncc(Cl)cn4)CC3)cc(NC3(CO)CCC3)c21. The normalized spacial score (nSPS) is 24.9. The summed E-state index contributed by atoms with van der Waals surface area (Å²) >= 11 is 5.94. The molecule has 2 fully saturated rings. The van der Waals surface area contributed by atoms with Gasteiger partial charge in [0.15, 0.2) is 0 Å². The quantitative estimate of drug-likeness (QED) is 0.705. The van der Waals surface area contributed by atoms with E-state index in [2.05, 4.69) is 26.3 Å². The van der Waals surface area contributed by atoms with Gasteiger partial charge < -0.3 is 15.3 Å². The van der Waals surface area contributed by atoms with Crippen LogP contribution in [0, 0.1) is 0 Å². The largest absolute Gasteiger partial charge is 0.394 e. The van der Waals surface area contributed by atoms with Gasteiger partial charge in [-0.05, 0) is 38.5 Å². The Bertz CT molecular complexity index is 977. The van der Waals surface area contributed by atoms with Crippen molar-refractivity contribution in [2.45, 2.75) is 61.3 Å². The van der Waals surface area contributed by atoms with Crippen molar-refractivity contribution >= 4 is 33.9 Å². The van der Waals surface area contributed by atoms with E-state index in [1.54, 1.807) is 12.4 Å². The Hall–Kier alpha value is -1.77. The summed E-state index contributed by atoms with van der Waals surface area (Å²) in [6, 6.07) is 2.05. The number of hydrogen-bond acceptors (Lipinski definition) is 7. The van der Waals surface area contributed by atoms with E-state index in [1.165, 1.54) is 0 Å². The van der Waals surface area contributed by atoms with Crippen molar-refractivity contribution in [3.05, 3.63) is 35.0 Å². The first-order chi connectivity index (χ1) is 15.1. The van der Waals surface area contributed by atoms with Gasteiger partial charge in [-0.1, -0.05) is 11.6 Å². The Balaban J connectivity index is 1.39. The molecule has 2 aromatic rings. The highest BCUT2D eigenvalue weighted by Crippen LogP contribution is 2.40. The number of aryl methyl sites for hydroxylation is 1. The van der Waals surface area contributed by atoms with Gasteiger partial charge in [0, 0.05) is 49.6 Å². The molecule has 0 spiro atoms. The highest BCUT2D eigenvalue weighted by Gasteiger charge is 2.38. The average molecular weight is 462 g/mol. The molecular formula is C22H28ClN5O2S. The number of hydrogen-bond donors (Lipinski definition) is 2. The lowest BCUT2D eigenvalue weighted by Gasteiger charge is -2.42. The molecule has 1 saturated carbocycles. The molecule has 1 aliphatic carbocycles. The summed E-state index contributed by atoms with van der Waals surface area (Å²) in [5, 5.41) is 14.1. The van der Waals surface area contributed by atoms with Gasteiger partial charge in [-0.3, -0.25) is 4.21 Å². The van der Waals surface area contributed by atoms with Crippen LogP contribution in [0.2, 0.25) is 5.02 Å². The van der Waals surface area contributed by atoms with Crippen molar-refractivity contribution < 1.29 is 9.32 Å². The van der Waals surface area contributed by atoms with E-state index in [9.17, 15) is 9.32 Å². The maximum absolute atomic E-state index is 12.7. The number of halogens is 1. The third-order valence-electron chi connectivity index (χ3n) is 6.85. The molecule has 166 valence electrons.